The second-order valence-corrected chi connectivity index (χ2v) is 4.45. The molecule has 0 bridgehead atoms. The van der Waals surface area contributed by atoms with Gasteiger partial charge in [0.15, 0.2) is 0 Å². The molecule has 0 spiro atoms. The molecule has 1 heterocycles. The van der Waals surface area contributed by atoms with Crippen LogP contribution in [-0.2, 0) is 6.42 Å². The van der Waals surface area contributed by atoms with E-state index in [4.69, 9.17) is 0 Å². The maximum Gasteiger partial charge on any atom is 0.0270 e. The van der Waals surface area contributed by atoms with Crippen LogP contribution in [0, 0.1) is 5.92 Å². The summed E-state index contributed by atoms with van der Waals surface area (Å²) in [5.74, 6) is 0.965. The number of nitrogens with zero attached hydrogens (tertiary/aromatic N) is 1. The van der Waals surface area contributed by atoms with Gasteiger partial charge in [-0.3, -0.25) is 4.98 Å². The van der Waals surface area contributed by atoms with E-state index in [1.165, 1.54) is 24.8 Å². The molecule has 1 fully saturated rings. The van der Waals surface area contributed by atoms with Crippen LogP contribution in [0.25, 0.3) is 0 Å². The van der Waals surface area contributed by atoms with Crippen LogP contribution in [0.3, 0.4) is 0 Å². The van der Waals surface area contributed by atoms with Crippen LogP contribution in [0.4, 0.5) is 0 Å². The van der Waals surface area contributed by atoms with Gasteiger partial charge < -0.3 is 5.32 Å². The Morgan fingerprint density at radius 3 is 2.93 bits per heavy atom. The van der Waals surface area contributed by atoms with E-state index in [9.17, 15) is 0 Å². The molecule has 0 aliphatic heterocycles. The van der Waals surface area contributed by atoms with Gasteiger partial charge >= 0.3 is 0 Å². The molecule has 0 saturated heterocycles. The molecule has 2 heteroatoms. The predicted octanol–water partition coefficient (Wildman–Crippen LogP) is 2.40. The summed E-state index contributed by atoms with van der Waals surface area (Å²) in [6, 6.07) is 5.00. The summed E-state index contributed by atoms with van der Waals surface area (Å²) in [6.45, 7) is 3.38. The fourth-order valence-electron chi connectivity index (χ4n) is 2.14. The number of rotatable bonds is 6. The van der Waals surface area contributed by atoms with Crippen molar-refractivity contribution in [3.8, 4) is 0 Å². The van der Waals surface area contributed by atoms with Crippen LogP contribution in [0.5, 0.6) is 0 Å². The number of pyridine rings is 1. The summed E-state index contributed by atoms with van der Waals surface area (Å²) in [4.78, 5) is 4.02. The molecule has 2 rings (SSSR count). The Hall–Kier alpha value is -0.890. The van der Waals surface area contributed by atoms with Crippen molar-refractivity contribution in [2.24, 2.45) is 5.92 Å². The van der Waals surface area contributed by atoms with Gasteiger partial charge in [0.2, 0.25) is 0 Å². The van der Waals surface area contributed by atoms with E-state index >= 15 is 0 Å². The SMILES string of the molecule is CCCC1CC1NCCc1ccncc1. The van der Waals surface area contributed by atoms with Crippen LogP contribution in [0.2, 0.25) is 0 Å². The minimum atomic E-state index is 0.812. The molecule has 82 valence electrons. The first-order valence-corrected chi connectivity index (χ1v) is 6.02. The lowest BCUT2D eigenvalue weighted by molar-refractivity contribution is 0.600. The normalized spacial score (nSPS) is 24.1. The fourth-order valence-corrected chi connectivity index (χ4v) is 2.14. The number of hydrogen-bond donors (Lipinski definition) is 1. The third-order valence-electron chi connectivity index (χ3n) is 3.15. The van der Waals surface area contributed by atoms with Crippen LogP contribution >= 0.6 is 0 Å². The van der Waals surface area contributed by atoms with Gasteiger partial charge in [-0.05, 0) is 49.4 Å². The standard InChI is InChI=1S/C13H20N2/c1-2-3-12-10-13(12)15-9-6-11-4-7-14-8-5-11/h4-5,7-8,12-13,15H,2-3,6,9-10H2,1H3. The number of aromatic nitrogens is 1. The van der Waals surface area contributed by atoms with Gasteiger partial charge in [0, 0.05) is 18.4 Å². The van der Waals surface area contributed by atoms with Crippen molar-refractivity contribution in [1.29, 1.82) is 0 Å². The fraction of sp³-hybridized carbons (Fsp3) is 0.615. The minimum Gasteiger partial charge on any atom is -0.313 e. The maximum atomic E-state index is 4.02. The second-order valence-electron chi connectivity index (χ2n) is 4.45. The molecule has 1 N–H and O–H groups in total. The highest BCUT2D eigenvalue weighted by Gasteiger charge is 2.34. The zero-order chi connectivity index (χ0) is 10.5. The Balaban J connectivity index is 1.60. The zero-order valence-electron chi connectivity index (χ0n) is 9.45. The van der Waals surface area contributed by atoms with Crippen molar-refractivity contribution in [3.05, 3.63) is 30.1 Å². The monoisotopic (exact) mass is 204 g/mol. The Kier molecular flexibility index (Phi) is 3.73. The van der Waals surface area contributed by atoms with Gasteiger partial charge in [-0.25, -0.2) is 0 Å². The molecule has 1 aromatic heterocycles. The summed E-state index contributed by atoms with van der Waals surface area (Å²) in [6.07, 6.45) is 8.97. The van der Waals surface area contributed by atoms with Crippen molar-refractivity contribution in [3.63, 3.8) is 0 Å². The first-order chi connectivity index (χ1) is 7.40. The van der Waals surface area contributed by atoms with E-state index in [2.05, 4.69) is 29.4 Å². The van der Waals surface area contributed by atoms with Gasteiger partial charge in [0.25, 0.3) is 0 Å². The van der Waals surface area contributed by atoms with Gasteiger partial charge in [0.05, 0.1) is 0 Å². The van der Waals surface area contributed by atoms with Gasteiger partial charge in [-0.2, -0.15) is 0 Å². The quantitative estimate of drug-likeness (QED) is 0.769. The van der Waals surface area contributed by atoms with Crippen molar-refractivity contribution >= 4 is 0 Å². The Morgan fingerprint density at radius 1 is 1.40 bits per heavy atom. The summed E-state index contributed by atoms with van der Waals surface area (Å²) in [5, 5.41) is 3.62. The van der Waals surface area contributed by atoms with Crippen molar-refractivity contribution in [2.45, 2.75) is 38.6 Å². The van der Waals surface area contributed by atoms with Crippen molar-refractivity contribution < 1.29 is 0 Å². The molecule has 1 aliphatic rings. The molecule has 2 atom stereocenters. The third kappa shape index (κ3) is 3.31. The van der Waals surface area contributed by atoms with E-state index in [1.807, 2.05) is 12.4 Å². The summed E-state index contributed by atoms with van der Waals surface area (Å²) in [5.41, 5.74) is 1.38. The molecule has 2 unspecified atom stereocenters. The van der Waals surface area contributed by atoms with Gasteiger partial charge in [0.1, 0.15) is 0 Å². The predicted molar refractivity (Wildman–Crippen MR) is 62.7 cm³/mol. The molecule has 0 radical (unpaired) electrons. The average molecular weight is 204 g/mol. The largest absolute Gasteiger partial charge is 0.313 e. The van der Waals surface area contributed by atoms with Crippen LogP contribution in [-0.4, -0.2) is 17.6 Å². The van der Waals surface area contributed by atoms with E-state index in [1.54, 1.807) is 0 Å². The third-order valence-corrected chi connectivity index (χ3v) is 3.15. The minimum absolute atomic E-state index is 0.812. The average Bonchev–Trinajstić information content (AvgIpc) is 2.99. The second kappa shape index (κ2) is 5.26. The number of nitrogens with one attached hydrogen (secondary N) is 1. The van der Waals surface area contributed by atoms with Crippen molar-refractivity contribution in [2.75, 3.05) is 6.54 Å². The highest BCUT2D eigenvalue weighted by Crippen LogP contribution is 2.34. The Bertz CT molecular complexity index is 284. The lowest BCUT2D eigenvalue weighted by atomic mass is 10.2. The zero-order valence-corrected chi connectivity index (χ0v) is 9.45. The molecular weight excluding hydrogens is 184 g/mol. The lowest BCUT2D eigenvalue weighted by Crippen LogP contribution is -2.21. The van der Waals surface area contributed by atoms with E-state index in [0.717, 1.165) is 24.9 Å². The van der Waals surface area contributed by atoms with Crippen molar-refractivity contribution in [1.82, 2.24) is 10.3 Å². The topological polar surface area (TPSA) is 24.9 Å². The smallest absolute Gasteiger partial charge is 0.0270 e. The molecule has 0 aromatic carbocycles. The summed E-state index contributed by atoms with van der Waals surface area (Å²) < 4.78 is 0. The van der Waals surface area contributed by atoms with Crippen LogP contribution in [0.15, 0.2) is 24.5 Å². The molecule has 1 saturated carbocycles. The molecule has 1 aromatic rings. The summed E-state index contributed by atoms with van der Waals surface area (Å²) in [7, 11) is 0. The molecular formula is C13H20N2. The van der Waals surface area contributed by atoms with Gasteiger partial charge in [-0.1, -0.05) is 13.3 Å². The Morgan fingerprint density at radius 2 is 2.20 bits per heavy atom. The molecule has 15 heavy (non-hydrogen) atoms. The van der Waals surface area contributed by atoms with Gasteiger partial charge in [-0.15, -0.1) is 0 Å². The highest BCUT2D eigenvalue weighted by atomic mass is 15.0. The number of hydrogen-bond acceptors (Lipinski definition) is 2. The van der Waals surface area contributed by atoms with E-state index < -0.39 is 0 Å². The molecule has 2 nitrogen and oxygen atoms in total. The molecule has 0 amide bonds. The summed E-state index contributed by atoms with van der Waals surface area (Å²) >= 11 is 0. The van der Waals surface area contributed by atoms with E-state index in [-0.39, 0.29) is 0 Å². The molecule has 1 aliphatic carbocycles. The maximum absolute atomic E-state index is 4.02. The Labute approximate surface area is 92.1 Å². The van der Waals surface area contributed by atoms with E-state index in [0.29, 0.717) is 0 Å². The first kappa shape index (κ1) is 10.6. The van der Waals surface area contributed by atoms with Crippen LogP contribution < -0.4 is 5.32 Å². The highest BCUT2D eigenvalue weighted by molar-refractivity contribution is 5.10. The van der Waals surface area contributed by atoms with Crippen LogP contribution in [0.1, 0.15) is 31.7 Å². The lowest BCUT2D eigenvalue weighted by Gasteiger charge is -2.03. The first-order valence-electron chi connectivity index (χ1n) is 6.02.